The molecule has 6 nitrogen and oxygen atoms in total. The van der Waals surface area contributed by atoms with Gasteiger partial charge in [-0.25, -0.2) is 4.79 Å². The highest BCUT2D eigenvalue weighted by Crippen LogP contribution is 2.21. The quantitative estimate of drug-likeness (QED) is 0.373. The molecular formula is C11H9N3O3. The van der Waals surface area contributed by atoms with Crippen molar-refractivity contribution in [2.24, 2.45) is 5.11 Å². The lowest BCUT2D eigenvalue weighted by Crippen LogP contribution is -2.03. The van der Waals surface area contributed by atoms with E-state index in [1.54, 1.807) is 18.2 Å². The highest BCUT2D eigenvalue weighted by atomic mass is 16.5. The van der Waals surface area contributed by atoms with Gasteiger partial charge in [-0.05, 0) is 17.7 Å². The lowest BCUT2D eigenvalue weighted by Gasteiger charge is -2.05. The Morgan fingerprint density at radius 2 is 2.41 bits per heavy atom. The van der Waals surface area contributed by atoms with Crippen molar-refractivity contribution >= 4 is 5.97 Å². The van der Waals surface area contributed by atoms with Gasteiger partial charge in [0.25, 0.3) is 0 Å². The average Bonchev–Trinajstić information content (AvgIpc) is 2.33. The van der Waals surface area contributed by atoms with Gasteiger partial charge in [-0.15, -0.1) is 0 Å². The van der Waals surface area contributed by atoms with Gasteiger partial charge in [0.1, 0.15) is 11.3 Å². The summed E-state index contributed by atoms with van der Waals surface area (Å²) < 4.78 is 4.94. The van der Waals surface area contributed by atoms with Gasteiger partial charge < -0.3 is 9.84 Å². The minimum atomic E-state index is -1.12. The number of nitrogens with zero attached hydrogens (tertiary/aromatic N) is 3. The second kappa shape index (κ2) is 6.05. The molecule has 0 fully saturated rings. The van der Waals surface area contributed by atoms with E-state index in [1.807, 2.05) is 0 Å². The summed E-state index contributed by atoms with van der Waals surface area (Å²) in [6.45, 7) is -0.00717. The summed E-state index contributed by atoms with van der Waals surface area (Å²) in [6, 6.07) is 4.75. The molecule has 0 bridgehead atoms. The largest absolute Gasteiger partial charge is 0.496 e. The second-order valence-electron chi connectivity index (χ2n) is 2.88. The summed E-state index contributed by atoms with van der Waals surface area (Å²) in [7, 11) is 1.39. The van der Waals surface area contributed by atoms with Crippen molar-refractivity contribution in [2.75, 3.05) is 13.7 Å². The molecule has 0 unspecified atom stereocenters. The van der Waals surface area contributed by atoms with Crippen molar-refractivity contribution < 1.29 is 14.6 Å². The van der Waals surface area contributed by atoms with Crippen LogP contribution in [0.25, 0.3) is 10.4 Å². The van der Waals surface area contributed by atoms with E-state index in [9.17, 15) is 4.79 Å². The summed E-state index contributed by atoms with van der Waals surface area (Å²) in [6.07, 6.45) is 0. The Bertz CT molecular complexity index is 537. The molecular weight excluding hydrogens is 222 g/mol. The molecule has 6 heteroatoms. The zero-order chi connectivity index (χ0) is 12.7. The van der Waals surface area contributed by atoms with E-state index >= 15 is 0 Å². The Labute approximate surface area is 97.5 Å². The summed E-state index contributed by atoms with van der Waals surface area (Å²) in [5, 5.41) is 12.3. The van der Waals surface area contributed by atoms with E-state index in [-0.39, 0.29) is 17.9 Å². The fraction of sp³-hybridized carbons (Fsp3) is 0.182. The summed E-state index contributed by atoms with van der Waals surface area (Å²) in [5.41, 5.74) is 8.39. The number of aromatic carboxylic acids is 1. The molecule has 0 amide bonds. The van der Waals surface area contributed by atoms with Crippen LogP contribution in [0.3, 0.4) is 0 Å². The van der Waals surface area contributed by atoms with E-state index in [1.165, 1.54) is 7.11 Å². The first-order valence-corrected chi connectivity index (χ1v) is 4.60. The van der Waals surface area contributed by atoms with E-state index in [0.717, 1.165) is 0 Å². The zero-order valence-corrected chi connectivity index (χ0v) is 9.04. The number of benzene rings is 1. The fourth-order valence-corrected chi connectivity index (χ4v) is 1.23. The van der Waals surface area contributed by atoms with Crippen LogP contribution >= 0.6 is 0 Å². The summed E-state index contributed by atoms with van der Waals surface area (Å²) >= 11 is 0. The monoisotopic (exact) mass is 231 g/mol. The van der Waals surface area contributed by atoms with Crippen LogP contribution in [0.5, 0.6) is 5.75 Å². The number of carboxylic acids is 1. The van der Waals surface area contributed by atoms with Crippen LogP contribution in [0.4, 0.5) is 0 Å². The first kappa shape index (κ1) is 12.4. The first-order valence-electron chi connectivity index (χ1n) is 4.60. The van der Waals surface area contributed by atoms with Gasteiger partial charge >= 0.3 is 5.97 Å². The Hall–Kier alpha value is -2.64. The van der Waals surface area contributed by atoms with Crippen molar-refractivity contribution in [3.63, 3.8) is 0 Å². The van der Waals surface area contributed by atoms with Crippen LogP contribution in [-0.4, -0.2) is 24.7 Å². The number of hydrogen-bond donors (Lipinski definition) is 1. The van der Waals surface area contributed by atoms with E-state index in [2.05, 4.69) is 21.9 Å². The Balaban J connectivity index is 3.17. The number of carboxylic acid groups (broad SMARTS) is 1. The van der Waals surface area contributed by atoms with Gasteiger partial charge in [-0.3, -0.25) is 0 Å². The minimum absolute atomic E-state index is 0.00318. The molecule has 1 rings (SSSR count). The van der Waals surface area contributed by atoms with Crippen LogP contribution in [-0.2, 0) is 0 Å². The maximum atomic E-state index is 11.1. The van der Waals surface area contributed by atoms with Gasteiger partial charge in [0.05, 0.1) is 13.7 Å². The molecule has 0 saturated carbocycles. The highest BCUT2D eigenvalue weighted by molar-refractivity contribution is 5.94. The molecule has 0 radical (unpaired) electrons. The Kier molecular flexibility index (Phi) is 4.43. The molecule has 86 valence electrons. The molecule has 0 saturated heterocycles. The van der Waals surface area contributed by atoms with Crippen molar-refractivity contribution in [2.45, 2.75) is 0 Å². The third kappa shape index (κ3) is 3.16. The van der Waals surface area contributed by atoms with Crippen LogP contribution in [0.2, 0.25) is 0 Å². The molecule has 1 aromatic carbocycles. The first-order chi connectivity index (χ1) is 8.20. The average molecular weight is 231 g/mol. The van der Waals surface area contributed by atoms with Crippen LogP contribution < -0.4 is 4.74 Å². The number of rotatable bonds is 3. The molecule has 0 aliphatic carbocycles. The van der Waals surface area contributed by atoms with E-state index in [0.29, 0.717) is 5.56 Å². The Morgan fingerprint density at radius 3 is 3.00 bits per heavy atom. The SMILES string of the molecule is COc1cccc(C#CCN=[N+]=[N-])c1C(=O)O. The lowest BCUT2D eigenvalue weighted by molar-refractivity contribution is 0.0693. The fourth-order valence-electron chi connectivity index (χ4n) is 1.23. The highest BCUT2D eigenvalue weighted by Gasteiger charge is 2.14. The third-order valence-corrected chi connectivity index (χ3v) is 1.90. The molecule has 0 aliphatic heterocycles. The van der Waals surface area contributed by atoms with Gasteiger partial charge in [-0.2, -0.15) is 0 Å². The predicted octanol–water partition coefficient (Wildman–Crippen LogP) is 2.06. The van der Waals surface area contributed by atoms with Crippen LogP contribution in [0.1, 0.15) is 15.9 Å². The number of ether oxygens (including phenoxy) is 1. The molecule has 17 heavy (non-hydrogen) atoms. The number of carbonyl (C=O) groups is 1. The maximum absolute atomic E-state index is 11.1. The molecule has 0 aromatic heterocycles. The maximum Gasteiger partial charge on any atom is 0.340 e. The normalized spacial score (nSPS) is 8.53. The van der Waals surface area contributed by atoms with Gasteiger partial charge in [0.15, 0.2) is 0 Å². The zero-order valence-electron chi connectivity index (χ0n) is 9.04. The summed E-state index contributed by atoms with van der Waals surface area (Å²) in [4.78, 5) is 13.6. The van der Waals surface area contributed by atoms with Crippen LogP contribution in [0.15, 0.2) is 23.3 Å². The van der Waals surface area contributed by atoms with Crippen LogP contribution in [0, 0.1) is 11.8 Å². The molecule has 0 spiro atoms. The minimum Gasteiger partial charge on any atom is -0.496 e. The smallest absolute Gasteiger partial charge is 0.340 e. The van der Waals surface area contributed by atoms with Gasteiger partial charge in [0, 0.05) is 10.5 Å². The van der Waals surface area contributed by atoms with Gasteiger partial charge in [-0.1, -0.05) is 23.0 Å². The molecule has 0 heterocycles. The number of methoxy groups -OCH3 is 1. The third-order valence-electron chi connectivity index (χ3n) is 1.90. The molecule has 1 N–H and O–H groups in total. The van der Waals surface area contributed by atoms with Crippen molar-refractivity contribution in [1.82, 2.24) is 0 Å². The summed E-state index contributed by atoms with van der Waals surface area (Å²) in [5.74, 6) is 4.32. The standard InChI is InChI=1S/C11H9N3O3/c1-17-9-6-2-4-8(10(9)11(15)16)5-3-7-13-14-12/h2,4,6H,7H2,1H3,(H,15,16). The lowest BCUT2D eigenvalue weighted by atomic mass is 10.1. The van der Waals surface area contributed by atoms with E-state index in [4.69, 9.17) is 15.4 Å². The molecule has 0 aliphatic rings. The Morgan fingerprint density at radius 1 is 1.65 bits per heavy atom. The topological polar surface area (TPSA) is 95.3 Å². The van der Waals surface area contributed by atoms with E-state index < -0.39 is 5.97 Å². The van der Waals surface area contributed by atoms with Gasteiger partial charge in [0.2, 0.25) is 0 Å². The van der Waals surface area contributed by atoms with Crippen molar-refractivity contribution in [1.29, 1.82) is 0 Å². The molecule has 0 atom stereocenters. The predicted molar refractivity (Wildman–Crippen MR) is 60.8 cm³/mol. The van der Waals surface area contributed by atoms with Crippen molar-refractivity contribution in [3.8, 4) is 17.6 Å². The van der Waals surface area contributed by atoms with Crippen molar-refractivity contribution in [3.05, 3.63) is 39.8 Å². The second-order valence-corrected chi connectivity index (χ2v) is 2.88. The molecule has 1 aromatic rings. The number of hydrogen-bond acceptors (Lipinski definition) is 3. The number of azide groups is 1.